The molecule has 1 saturated carbocycles. The summed E-state index contributed by atoms with van der Waals surface area (Å²) in [7, 11) is 0. The summed E-state index contributed by atoms with van der Waals surface area (Å²) in [5.41, 5.74) is 6.29. The lowest BCUT2D eigenvalue weighted by molar-refractivity contribution is -0.140. The normalized spacial score (nSPS) is 19.1. The second-order valence-electron chi connectivity index (χ2n) is 10.3. The highest BCUT2D eigenvalue weighted by atomic mass is 16.5. The van der Waals surface area contributed by atoms with Crippen LogP contribution in [-0.4, -0.2) is 33.4 Å². The maximum Gasteiger partial charge on any atom is 0.314 e. The van der Waals surface area contributed by atoms with Gasteiger partial charge in [-0.2, -0.15) is 0 Å². The maximum absolute atomic E-state index is 13.0. The highest BCUT2D eigenvalue weighted by molar-refractivity contribution is 5.85. The highest BCUT2D eigenvalue weighted by Crippen LogP contribution is 2.48. The van der Waals surface area contributed by atoms with Crippen LogP contribution in [0.3, 0.4) is 0 Å². The van der Waals surface area contributed by atoms with E-state index in [1.165, 1.54) is 0 Å². The van der Waals surface area contributed by atoms with Gasteiger partial charge in [-0.15, -0.1) is 0 Å². The SMILES string of the molecule is Cc1noc(-c2ccc(-c3ccc(C4(C(=O)O)CC4)cc3)cc2)c1CC(=O)N[C@H]1c2ccccc2C[C@H]1O. The van der Waals surface area contributed by atoms with Gasteiger partial charge >= 0.3 is 5.97 Å². The molecule has 1 amide bonds. The average molecular weight is 509 g/mol. The van der Waals surface area contributed by atoms with Gasteiger partial charge < -0.3 is 20.1 Å². The van der Waals surface area contributed by atoms with Crippen molar-refractivity contribution in [3.05, 3.63) is 101 Å². The second-order valence-corrected chi connectivity index (χ2v) is 10.3. The van der Waals surface area contributed by atoms with Crippen molar-refractivity contribution in [1.82, 2.24) is 10.5 Å². The van der Waals surface area contributed by atoms with E-state index in [0.29, 0.717) is 36.3 Å². The van der Waals surface area contributed by atoms with Gasteiger partial charge in [-0.3, -0.25) is 9.59 Å². The van der Waals surface area contributed by atoms with Crippen molar-refractivity contribution in [3.63, 3.8) is 0 Å². The van der Waals surface area contributed by atoms with E-state index in [0.717, 1.165) is 33.4 Å². The third kappa shape index (κ3) is 4.19. The van der Waals surface area contributed by atoms with Crippen molar-refractivity contribution in [2.45, 2.75) is 50.2 Å². The third-order valence-corrected chi connectivity index (χ3v) is 7.92. The minimum absolute atomic E-state index is 0.0879. The molecule has 0 saturated heterocycles. The van der Waals surface area contributed by atoms with Crippen LogP contribution in [0, 0.1) is 6.92 Å². The summed E-state index contributed by atoms with van der Waals surface area (Å²) in [5, 5.41) is 27.1. The predicted molar refractivity (Wildman–Crippen MR) is 141 cm³/mol. The van der Waals surface area contributed by atoms with Crippen molar-refractivity contribution < 1.29 is 24.3 Å². The number of carbonyl (C=O) groups is 2. The molecule has 2 aliphatic carbocycles. The zero-order valence-corrected chi connectivity index (χ0v) is 21.0. The quantitative estimate of drug-likeness (QED) is 0.332. The fourth-order valence-electron chi connectivity index (χ4n) is 5.50. The summed E-state index contributed by atoms with van der Waals surface area (Å²) < 4.78 is 5.62. The number of nitrogens with zero attached hydrogens (tertiary/aromatic N) is 1. The first kappa shape index (κ1) is 24.1. The molecule has 38 heavy (non-hydrogen) atoms. The van der Waals surface area contributed by atoms with Crippen molar-refractivity contribution in [3.8, 4) is 22.5 Å². The number of rotatable bonds is 7. The fraction of sp³-hybridized carbons (Fsp3) is 0.258. The van der Waals surface area contributed by atoms with E-state index < -0.39 is 23.5 Å². The van der Waals surface area contributed by atoms with E-state index in [2.05, 4.69) is 10.5 Å². The van der Waals surface area contributed by atoms with Crippen molar-refractivity contribution in [1.29, 1.82) is 0 Å². The summed E-state index contributed by atoms with van der Waals surface area (Å²) >= 11 is 0. The molecule has 0 radical (unpaired) electrons. The number of nitrogens with one attached hydrogen (secondary N) is 1. The van der Waals surface area contributed by atoms with Gasteiger partial charge in [-0.1, -0.05) is 78.0 Å². The number of hydrogen-bond donors (Lipinski definition) is 3. The van der Waals surface area contributed by atoms with Crippen LogP contribution in [0.15, 0.2) is 77.3 Å². The molecule has 4 aromatic rings. The number of aliphatic carboxylic acids is 1. The predicted octanol–water partition coefficient (Wildman–Crippen LogP) is 4.75. The lowest BCUT2D eigenvalue weighted by Gasteiger charge is -2.18. The van der Waals surface area contributed by atoms with Crippen molar-refractivity contribution in [2.75, 3.05) is 0 Å². The number of aliphatic hydroxyl groups excluding tert-OH is 1. The summed E-state index contributed by atoms with van der Waals surface area (Å²) in [6.07, 6.45) is 1.32. The summed E-state index contributed by atoms with van der Waals surface area (Å²) in [4.78, 5) is 24.6. The lowest BCUT2D eigenvalue weighted by Crippen LogP contribution is -2.34. The Kier molecular flexibility index (Phi) is 5.88. The number of aryl methyl sites for hydroxylation is 1. The second kappa shape index (κ2) is 9.26. The Hall–Kier alpha value is -4.23. The Morgan fingerprint density at radius 3 is 2.26 bits per heavy atom. The monoisotopic (exact) mass is 508 g/mol. The number of benzene rings is 3. The van der Waals surface area contributed by atoms with Gasteiger partial charge in [0.05, 0.1) is 29.7 Å². The highest BCUT2D eigenvalue weighted by Gasteiger charge is 2.51. The average Bonchev–Trinajstić information content (AvgIpc) is 3.59. The fourth-order valence-corrected chi connectivity index (χ4v) is 5.50. The number of amides is 1. The molecule has 0 unspecified atom stereocenters. The summed E-state index contributed by atoms with van der Waals surface area (Å²) in [6, 6.07) is 22.9. The number of hydrogen-bond acceptors (Lipinski definition) is 5. The molecule has 0 spiro atoms. The molecule has 3 aromatic carbocycles. The Labute approximate surface area is 220 Å². The minimum Gasteiger partial charge on any atom is -0.481 e. The molecule has 1 heterocycles. The van der Waals surface area contributed by atoms with E-state index in [1.54, 1.807) is 0 Å². The van der Waals surface area contributed by atoms with Crippen LogP contribution in [0.25, 0.3) is 22.5 Å². The summed E-state index contributed by atoms with van der Waals surface area (Å²) in [5.74, 6) is -0.417. The molecular formula is C31H28N2O5. The van der Waals surface area contributed by atoms with Crippen LogP contribution in [0.5, 0.6) is 0 Å². The Balaban J connectivity index is 1.18. The van der Waals surface area contributed by atoms with Gasteiger partial charge in [0.2, 0.25) is 5.91 Å². The molecular weight excluding hydrogens is 480 g/mol. The molecule has 0 aliphatic heterocycles. The number of carbonyl (C=O) groups excluding carboxylic acids is 1. The van der Waals surface area contributed by atoms with Gasteiger partial charge in [0.1, 0.15) is 0 Å². The topological polar surface area (TPSA) is 113 Å². The molecule has 6 rings (SSSR count). The molecule has 2 aliphatic rings. The standard InChI is InChI=1S/C31H28N2O5/c1-18-25(17-27(35)32-28-24-5-3-2-4-22(24)16-26(28)34)29(38-33-18)21-8-6-19(7-9-21)20-10-12-23(13-11-20)31(14-15-31)30(36)37/h2-13,26,28,34H,14-17H2,1H3,(H,32,35)(H,36,37)/t26-,28+/m1/s1. The van der Waals surface area contributed by atoms with Crippen molar-refractivity contribution >= 4 is 11.9 Å². The van der Waals surface area contributed by atoms with Crippen LogP contribution in [0.1, 0.15) is 46.8 Å². The Morgan fingerprint density at radius 2 is 1.61 bits per heavy atom. The number of carboxylic acids is 1. The third-order valence-electron chi connectivity index (χ3n) is 7.92. The molecule has 1 aromatic heterocycles. The molecule has 2 atom stereocenters. The van der Waals surface area contributed by atoms with E-state index in [-0.39, 0.29) is 12.3 Å². The smallest absolute Gasteiger partial charge is 0.314 e. The van der Waals surface area contributed by atoms with E-state index in [1.807, 2.05) is 79.7 Å². The van der Waals surface area contributed by atoms with Gasteiger partial charge in [0, 0.05) is 17.5 Å². The van der Waals surface area contributed by atoms with Crippen LogP contribution >= 0.6 is 0 Å². The first-order chi connectivity index (χ1) is 18.4. The zero-order valence-electron chi connectivity index (χ0n) is 21.0. The van der Waals surface area contributed by atoms with Crippen LogP contribution in [0.4, 0.5) is 0 Å². The minimum atomic E-state index is -0.759. The van der Waals surface area contributed by atoms with E-state index in [9.17, 15) is 19.8 Å². The van der Waals surface area contributed by atoms with Crippen LogP contribution in [-0.2, 0) is 27.8 Å². The molecule has 7 nitrogen and oxygen atoms in total. The molecule has 192 valence electrons. The zero-order chi connectivity index (χ0) is 26.4. The van der Waals surface area contributed by atoms with E-state index >= 15 is 0 Å². The Morgan fingerprint density at radius 1 is 0.974 bits per heavy atom. The number of aliphatic hydroxyl groups is 1. The maximum atomic E-state index is 13.0. The van der Waals surface area contributed by atoms with Gasteiger partial charge in [0.25, 0.3) is 0 Å². The number of fused-ring (bicyclic) bond motifs is 1. The van der Waals surface area contributed by atoms with Gasteiger partial charge in [-0.05, 0) is 47.6 Å². The molecule has 3 N–H and O–H groups in total. The molecule has 0 bridgehead atoms. The van der Waals surface area contributed by atoms with Crippen LogP contribution < -0.4 is 5.32 Å². The van der Waals surface area contributed by atoms with E-state index in [4.69, 9.17) is 4.52 Å². The largest absolute Gasteiger partial charge is 0.481 e. The van der Waals surface area contributed by atoms with Gasteiger partial charge in [0.15, 0.2) is 5.76 Å². The first-order valence-corrected chi connectivity index (χ1v) is 12.8. The lowest BCUT2D eigenvalue weighted by atomic mass is 9.93. The number of aromatic nitrogens is 1. The van der Waals surface area contributed by atoms with Crippen LogP contribution in [0.2, 0.25) is 0 Å². The van der Waals surface area contributed by atoms with Crippen molar-refractivity contribution in [2.24, 2.45) is 0 Å². The number of carboxylic acid groups (broad SMARTS) is 1. The Bertz CT molecular complexity index is 1520. The molecule has 1 fully saturated rings. The molecule has 7 heteroatoms. The first-order valence-electron chi connectivity index (χ1n) is 12.8. The van der Waals surface area contributed by atoms with Gasteiger partial charge in [-0.25, -0.2) is 0 Å². The summed E-state index contributed by atoms with van der Waals surface area (Å²) in [6.45, 7) is 1.81.